The van der Waals surface area contributed by atoms with E-state index in [0.717, 1.165) is 30.4 Å². The normalized spacial score (nSPS) is 14.9. The van der Waals surface area contributed by atoms with Crippen LogP contribution in [-0.4, -0.2) is 36.8 Å². The van der Waals surface area contributed by atoms with Gasteiger partial charge in [0.1, 0.15) is 18.6 Å². The van der Waals surface area contributed by atoms with Crippen molar-refractivity contribution in [3.63, 3.8) is 0 Å². The molecule has 1 aliphatic rings. The predicted molar refractivity (Wildman–Crippen MR) is 119 cm³/mol. The fraction of sp³-hybridized carbons (Fsp3) is 0.333. The zero-order chi connectivity index (χ0) is 22.6. The Morgan fingerprint density at radius 2 is 1.72 bits per heavy atom. The third kappa shape index (κ3) is 5.26. The fourth-order valence-corrected chi connectivity index (χ4v) is 5.12. The van der Waals surface area contributed by atoms with Gasteiger partial charge in [-0.25, -0.2) is 13.4 Å². The van der Waals surface area contributed by atoms with Crippen molar-refractivity contribution < 1.29 is 22.4 Å². The van der Waals surface area contributed by atoms with Gasteiger partial charge >= 0.3 is 5.97 Å². The Hall–Kier alpha value is -2.97. The molecule has 0 radical (unpaired) electrons. The van der Waals surface area contributed by atoms with E-state index in [-0.39, 0.29) is 17.9 Å². The fourth-order valence-electron chi connectivity index (χ4n) is 3.61. The van der Waals surface area contributed by atoms with E-state index in [2.05, 4.69) is 4.98 Å². The summed E-state index contributed by atoms with van der Waals surface area (Å²) in [5, 5.41) is 0. The monoisotopic (exact) mass is 454 g/mol. The van der Waals surface area contributed by atoms with E-state index in [4.69, 9.17) is 9.15 Å². The van der Waals surface area contributed by atoms with E-state index in [1.54, 1.807) is 24.3 Å². The molecular weight excluding hydrogens is 428 g/mol. The lowest BCUT2D eigenvalue weighted by atomic mass is 10.1. The first-order chi connectivity index (χ1) is 15.4. The van der Waals surface area contributed by atoms with Gasteiger partial charge in [0.15, 0.2) is 0 Å². The van der Waals surface area contributed by atoms with Crippen LogP contribution in [0.4, 0.5) is 0 Å². The Bertz CT molecular complexity index is 1160. The van der Waals surface area contributed by atoms with Crippen LogP contribution in [0.3, 0.4) is 0 Å². The molecule has 168 valence electrons. The second-order valence-electron chi connectivity index (χ2n) is 7.96. The van der Waals surface area contributed by atoms with Gasteiger partial charge in [0, 0.05) is 18.7 Å². The summed E-state index contributed by atoms with van der Waals surface area (Å²) in [5.74, 6) is 0.0538. The molecule has 2 heterocycles. The quantitative estimate of drug-likeness (QED) is 0.499. The van der Waals surface area contributed by atoms with Crippen LogP contribution in [0.15, 0.2) is 64.1 Å². The van der Waals surface area contributed by atoms with Gasteiger partial charge in [-0.3, -0.25) is 4.79 Å². The molecular formula is C24H26N2O5S. The first-order valence-electron chi connectivity index (χ1n) is 10.7. The SMILES string of the molecule is Cc1ccc(-c2nc(COC(=O)Cc3ccc(S(=O)(=O)N4CCCCC4)cc3)co2)cc1. The lowest BCUT2D eigenvalue weighted by Crippen LogP contribution is -2.35. The minimum absolute atomic E-state index is 0.00954. The topological polar surface area (TPSA) is 89.7 Å². The number of hydrogen-bond donors (Lipinski definition) is 0. The number of nitrogens with zero attached hydrogens (tertiary/aromatic N) is 2. The number of oxazole rings is 1. The van der Waals surface area contributed by atoms with E-state index in [1.165, 1.54) is 10.6 Å². The van der Waals surface area contributed by atoms with Crippen LogP contribution in [-0.2, 0) is 32.6 Å². The summed E-state index contributed by atoms with van der Waals surface area (Å²) in [7, 11) is -3.48. The highest BCUT2D eigenvalue weighted by atomic mass is 32.2. The first-order valence-corrected chi connectivity index (χ1v) is 12.1. The molecule has 4 rings (SSSR count). The van der Waals surface area contributed by atoms with Gasteiger partial charge in [-0.05, 0) is 49.6 Å². The summed E-state index contributed by atoms with van der Waals surface area (Å²) in [6.07, 6.45) is 4.37. The van der Waals surface area contributed by atoms with Gasteiger partial charge in [-0.15, -0.1) is 0 Å². The van der Waals surface area contributed by atoms with E-state index in [0.29, 0.717) is 30.2 Å². The van der Waals surface area contributed by atoms with Crippen molar-refractivity contribution in [1.29, 1.82) is 0 Å². The van der Waals surface area contributed by atoms with Gasteiger partial charge in [0.05, 0.1) is 11.3 Å². The lowest BCUT2D eigenvalue weighted by molar-refractivity contribution is -0.144. The molecule has 0 atom stereocenters. The second-order valence-corrected chi connectivity index (χ2v) is 9.89. The molecule has 0 amide bonds. The number of sulfonamides is 1. The molecule has 1 saturated heterocycles. The molecule has 1 aromatic heterocycles. The van der Waals surface area contributed by atoms with Crippen molar-refractivity contribution in [3.05, 3.63) is 71.6 Å². The Balaban J connectivity index is 1.31. The summed E-state index contributed by atoms with van der Waals surface area (Å²) < 4.78 is 37.7. The van der Waals surface area contributed by atoms with Crippen molar-refractivity contribution >= 4 is 16.0 Å². The number of benzene rings is 2. The smallest absolute Gasteiger partial charge is 0.310 e. The molecule has 0 unspecified atom stereocenters. The third-order valence-electron chi connectivity index (χ3n) is 5.46. The van der Waals surface area contributed by atoms with Crippen LogP contribution in [0.2, 0.25) is 0 Å². The number of piperidine rings is 1. The van der Waals surface area contributed by atoms with Gasteiger partial charge in [0.25, 0.3) is 0 Å². The minimum atomic E-state index is -3.48. The van der Waals surface area contributed by atoms with E-state index < -0.39 is 16.0 Å². The molecule has 2 aromatic carbocycles. The maximum atomic E-state index is 12.7. The number of carbonyl (C=O) groups excluding carboxylic acids is 1. The average Bonchev–Trinajstić information content (AvgIpc) is 3.28. The predicted octanol–water partition coefficient (Wildman–Crippen LogP) is 4.11. The molecule has 0 spiro atoms. The first kappa shape index (κ1) is 22.2. The van der Waals surface area contributed by atoms with Crippen LogP contribution in [0.1, 0.15) is 36.1 Å². The molecule has 8 heteroatoms. The van der Waals surface area contributed by atoms with Crippen LogP contribution in [0, 0.1) is 6.92 Å². The van der Waals surface area contributed by atoms with Crippen molar-refractivity contribution in [2.24, 2.45) is 0 Å². The van der Waals surface area contributed by atoms with Gasteiger partial charge < -0.3 is 9.15 Å². The van der Waals surface area contributed by atoms with Crippen molar-refractivity contribution in [2.45, 2.75) is 44.1 Å². The van der Waals surface area contributed by atoms with Crippen LogP contribution in [0.25, 0.3) is 11.5 Å². The Labute approximate surface area is 188 Å². The molecule has 0 N–H and O–H groups in total. The van der Waals surface area contributed by atoms with Crippen LogP contribution in [0.5, 0.6) is 0 Å². The summed E-state index contributed by atoms with van der Waals surface area (Å²) >= 11 is 0. The van der Waals surface area contributed by atoms with E-state index in [9.17, 15) is 13.2 Å². The zero-order valence-electron chi connectivity index (χ0n) is 18.0. The lowest BCUT2D eigenvalue weighted by Gasteiger charge is -2.25. The number of rotatable bonds is 7. The minimum Gasteiger partial charge on any atom is -0.459 e. The maximum absolute atomic E-state index is 12.7. The number of hydrogen-bond acceptors (Lipinski definition) is 6. The summed E-state index contributed by atoms with van der Waals surface area (Å²) in [5.41, 5.74) is 3.21. The van der Waals surface area contributed by atoms with Crippen LogP contribution < -0.4 is 0 Å². The summed E-state index contributed by atoms with van der Waals surface area (Å²) in [4.78, 5) is 16.8. The van der Waals surface area contributed by atoms with E-state index >= 15 is 0 Å². The van der Waals surface area contributed by atoms with Gasteiger partial charge in [0.2, 0.25) is 15.9 Å². The highest BCUT2D eigenvalue weighted by Gasteiger charge is 2.25. The molecule has 0 saturated carbocycles. The Kier molecular flexibility index (Phi) is 6.72. The molecule has 0 aliphatic carbocycles. The number of esters is 1. The van der Waals surface area contributed by atoms with Gasteiger partial charge in [-0.2, -0.15) is 4.31 Å². The highest BCUT2D eigenvalue weighted by molar-refractivity contribution is 7.89. The second kappa shape index (κ2) is 9.67. The standard InChI is InChI=1S/C24H26N2O5S/c1-18-5-9-20(10-6-18)24-25-21(17-31-24)16-30-23(27)15-19-7-11-22(12-8-19)32(28,29)26-13-3-2-4-14-26/h5-12,17H,2-4,13-16H2,1H3. The highest BCUT2D eigenvalue weighted by Crippen LogP contribution is 2.22. The van der Waals surface area contributed by atoms with Crippen molar-refractivity contribution in [3.8, 4) is 11.5 Å². The number of aromatic nitrogens is 1. The number of carbonyl (C=O) groups is 1. The third-order valence-corrected chi connectivity index (χ3v) is 7.37. The number of ether oxygens (including phenoxy) is 1. The molecule has 1 aliphatic heterocycles. The van der Waals surface area contributed by atoms with Crippen molar-refractivity contribution in [2.75, 3.05) is 13.1 Å². The Morgan fingerprint density at radius 3 is 2.41 bits per heavy atom. The largest absolute Gasteiger partial charge is 0.459 e. The molecule has 32 heavy (non-hydrogen) atoms. The molecule has 3 aromatic rings. The van der Waals surface area contributed by atoms with Crippen LogP contribution >= 0.6 is 0 Å². The average molecular weight is 455 g/mol. The zero-order valence-corrected chi connectivity index (χ0v) is 18.8. The van der Waals surface area contributed by atoms with Crippen molar-refractivity contribution in [1.82, 2.24) is 9.29 Å². The molecule has 7 nitrogen and oxygen atoms in total. The number of aryl methyl sites for hydroxylation is 1. The molecule has 0 bridgehead atoms. The maximum Gasteiger partial charge on any atom is 0.310 e. The molecule has 1 fully saturated rings. The van der Waals surface area contributed by atoms with Gasteiger partial charge in [-0.1, -0.05) is 36.2 Å². The van der Waals surface area contributed by atoms with E-state index in [1.807, 2.05) is 31.2 Å². The summed E-state index contributed by atoms with van der Waals surface area (Å²) in [6, 6.07) is 14.2. The summed E-state index contributed by atoms with van der Waals surface area (Å²) in [6.45, 7) is 3.13. The Morgan fingerprint density at radius 1 is 1.03 bits per heavy atom.